The third-order valence-electron chi connectivity index (χ3n) is 1.92. The lowest BCUT2D eigenvalue weighted by atomic mass is 10.2. The predicted octanol–water partition coefficient (Wildman–Crippen LogP) is 2.49. The number of rotatable bonds is 5. The van der Waals surface area contributed by atoms with Crippen LogP contribution in [0.3, 0.4) is 0 Å². The molecule has 1 N–H and O–H groups in total. The minimum atomic E-state index is -0.981. The van der Waals surface area contributed by atoms with Crippen LogP contribution in [0, 0.1) is 10.1 Å². The van der Waals surface area contributed by atoms with Gasteiger partial charge in [0.2, 0.25) is 0 Å². The van der Waals surface area contributed by atoms with Gasteiger partial charge in [0.25, 0.3) is 5.69 Å². The average molecular weight is 260 g/mol. The number of carboxylic acids is 1. The molecule has 7 heteroatoms. The largest absolute Gasteiger partial charge is 0.490 e. The first-order chi connectivity index (χ1) is 7.90. The van der Waals surface area contributed by atoms with Gasteiger partial charge in [0.1, 0.15) is 16.9 Å². The van der Waals surface area contributed by atoms with Crippen molar-refractivity contribution in [1.29, 1.82) is 0 Å². The van der Waals surface area contributed by atoms with Crippen molar-refractivity contribution in [2.24, 2.45) is 0 Å². The number of benzene rings is 1. The fourth-order valence-corrected chi connectivity index (χ4v) is 1.47. The van der Waals surface area contributed by atoms with E-state index >= 15 is 0 Å². The van der Waals surface area contributed by atoms with Gasteiger partial charge >= 0.3 is 5.97 Å². The number of carboxylic acid groups (broad SMARTS) is 1. The van der Waals surface area contributed by atoms with Crippen molar-refractivity contribution in [1.82, 2.24) is 0 Å². The normalized spacial score (nSPS) is 11.9. The molecule has 0 radical (unpaired) electrons. The summed E-state index contributed by atoms with van der Waals surface area (Å²) >= 11 is 5.68. The number of nitrogens with zero attached hydrogens (tertiary/aromatic N) is 1. The van der Waals surface area contributed by atoms with Crippen LogP contribution in [-0.4, -0.2) is 22.1 Å². The molecule has 1 aromatic carbocycles. The monoisotopic (exact) mass is 259 g/mol. The Balaban J connectivity index is 2.77. The molecule has 1 rings (SSSR count). The average Bonchev–Trinajstić information content (AvgIpc) is 2.15. The summed E-state index contributed by atoms with van der Waals surface area (Å²) in [6.07, 6.45) is -0.695. The van der Waals surface area contributed by atoms with E-state index in [1.807, 2.05) is 0 Å². The lowest BCUT2D eigenvalue weighted by Crippen LogP contribution is -2.16. The maximum atomic E-state index is 10.5. The van der Waals surface area contributed by atoms with Crippen molar-refractivity contribution in [3.8, 4) is 5.75 Å². The maximum absolute atomic E-state index is 10.5. The van der Waals surface area contributed by atoms with Gasteiger partial charge in [0.15, 0.2) is 0 Å². The molecule has 0 spiro atoms. The van der Waals surface area contributed by atoms with Crippen LogP contribution in [0.1, 0.15) is 13.3 Å². The minimum Gasteiger partial charge on any atom is -0.490 e. The van der Waals surface area contributed by atoms with Gasteiger partial charge in [-0.05, 0) is 13.0 Å². The van der Waals surface area contributed by atoms with Crippen LogP contribution in [0.15, 0.2) is 18.2 Å². The fraction of sp³-hybridized carbons (Fsp3) is 0.300. The van der Waals surface area contributed by atoms with E-state index in [1.54, 1.807) is 6.92 Å². The number of hydrogen-bond acceptors (Lipinski definition) is 4. The summed E-state index contributed by atoms with van der Waals surface area (Å²) in [7, 11) is 0. The van der Waals surface area contributed by atoms with E-state index < -0.39 is 17.0 Å². The van der Waals surface area contributed by atoms with Crippen molar-refractivity contribution in [3.63, 3.8) is 0 Å². The van der Waals surface area contributed by atoms with E-state index in [-0.39, 0.29) is 17.1 Å². The van der Waals surface area contributed by atoms with Gasteiger partial charge in [-0.2, -0.15) is 0 Å². The smallest absolute Gasteiger partial charge is 0.307 e. The summed E-state index contributed by atoms with van der Waals surface area (Å²) in [5, 5.41) is 19.0. The van der Waals surface area contributed by atoms with E-state index in [4.69, 9.17) is 21.4 Å². The summed E-state index contributed by atoms with van der Waals surface area (Å²) in [5.74, 6) is -0.681. The van der Waals surface area contributed by atoms with Gasteiger partial charge in [-0.1, -0.05) is 11.6 Å². The molecule has 0 aliphatic rings. The summed E-state index contributed by atoms with van der Waals surface area (Å²) in [6, 6.07) is 3.88. The summed E-state index contributed by atoms with van der Waals surface area (Å²) < 4.78 is 5.25. The molecule has 0 heterocycles. The number of halogens is 1. The van der Waals surface area contributed by atoms with Crippen LogP contribution in [0.25, 0.3) is 0 Å². The van der Waals surface area contributed by atoms with Crippen LogP contribution < -0.4 is 4.74 Å². The molecule has 0 fully saturated rings. The Hall–Kier alpha value is -1.82. The Labute approximate surface area is 102 Å². The van der Waals surface area contributed by atoms with Crippen LogP contribution in [0.5, 0.6) is 5.75 Å². The van der Waals surface area contributed by atoms with Crippen molar-refractivity contribution in [2.45, 2.75) is 19.4 Å². The van der Waals surface area contributed by atoms with Crippen molar-refractivity contribution in [2.75, 3.05) is 0 Å². The number of carbonyl (C=O) groups is 1. The number of hydrogen-bond donors (Lipinski definition) is 1. The Bertz CT molecular complexity index is 448. The SMILES string of the molecule is C[C@H](CC(=O)O)Oc1ccc([N+](=O)[O-])c(Cl)c1. The van der Waals surface area contributed by atoms with Gasteiger partial charge in [-0.25, -0.2) is 0 Å². The molecule has 0 amide bonds. The second kappa shape index (κ2) is 5.49. The summed E-state index contributed by atoms with van der Waals surface area (Å²) in [4.78, 5) is 20.3. The second-order valence-corrected chi connectivity index (χ2v) is 3.80. The molecule has 0 saturated heterocycles. The highest BCUT2D eigenvalue weighted by molar-refractivity contribution is 6.32. The van der Waals surface area contributed by atoms with E-state index in [0.29, 0.717) is 5.75 Å². The first-order valence-electron chi connectivity index (χ1n) is 4.72. The van der Waals surface area contributed by atoms with Crippen molar-refractivity contribution < 1.29 is 19.6 Å². The molecule has 0 bridgehead atoms. The van der Waals surface area contributed by atoms with E-state index in [2.05, 4.69) is 0 Å². The van der Waals surface area contributed by atoms with Gasteiger partial charge in [-0.15, -0.1) is 0 Å². The molecule has 0 saturated carbocycles. The number of ether oxygens (including phenoxy) is 1. The molecule has 92 valence electrons. The zero-order chi connectivity index (χ0) is 13.0. The molecule has 0 aliphatic carbocycles. The van der Waals surface area contributed by atoms with Crippen molar-refractivity contribution in [3.05, 3.63) is 33.3 Å². The molecule has 17 heavy (non-hydrogen) atoms. The highest BCUT2D eigenvalue weighted by Crippen LogP contribution is 2.28. The van der Waals surface area contributed by atoms with Crippen LogP contribution in [0.2, 0.25) is 5.02 Å². The van der Waals surface area contributed by atoms with Gasteiger partial charge in [0, 0.05) is 12.1 Å². The van der Waals surface area contributed by atoms with Crippen LogP contribution in [0.4, 0.5) is 5.69 Å². The number of nitro groups is 1. The van der Waals surface area contributed by atoms with Gasteiger partial charge in [-0.3, -0.25) is 14.9 Å². The Morgan fingerprint density at radius 3 is 2.76 bits per heavy atom. The van der Waals surface area contributed by atoms with Gasteiger partial charge in [0.05, 0.1) is 11.3 Å². The molecule has 0 unspecified atom stereocenters. The molecule has 1 aromatic rings. The lowest BCUT2D eigenvalue weighted by Gasteiger charge is -2.12. The molecule has 0 aromatic heterocycles. The van der Waals surface area contributed by atoms with Gasteiger partial charge < -0.3 is 9.84 Å². The number of nitro benzene ring substituents is 1. The van der Waals surface area contributed by atoms with Crippen molar-refractivity contribution >= 4 is 23.3 Å². The third-order valence-corrected chi connectivity index (χ3v) is 2.22. The van der Waals surface area contributed by atoms with E-state index in [1.165, 1.54) is 18.2 Å². The molecular formula is C10H10ClNO5. The number of aliphatic carboxylic acids is 1. The molecule has 1 atom stereocenters. The minimum absolute atomic E-state index is 0.0463. The Morgan fingerprint density at radius 2 is 2.29 bits per heavy atom. The van der Waals surface area contributed by atoms with Crippen LogP contribution in [-0.2, 0) is 4.79 Å². The first kappa shape index (κ1) is 13.2. The summed E-state index contributed by atoms with van der Waals surface area (Å²) in [5.41, 5.74) is -0.218. The van der Waals surface area contributed by atoms with E-state index in [0.717, 1.165) is 0 Å². The second-order valence-electron chi connectivity index (χ2n) is 3.40. The Morgan fingerprint density at radius 1 is 1.65 bits per heavy atom. The highest BCUT2D eigenvalue weighted by atomic mass is 35.5. The Kier molecular flexibility index (Phi) is 4.28. The van der Waals surface area contributed by atoms with Crippen LogP contribution >= 0.6 is 11.6 Å². The highest BCUT2D eigenvalue weighted by Gasteiger charge is 2.14. The predicted molar refractivity (Wildman–Crippen MR) is 60.4 cm³/mol. The topological polar surface area (TPSA) is 89.7 Å². The maximum Gasteiger partial charge on any atom is 0.307 e. The zero-order valence-corrected chi connectivity index (χ0v) is 9.68. The first-order valence-corrected chi connectivity index (χ1v) is 5.10. The molecule has 6 nitrogen and oxygen atoms in total. The lowest BCUT2D eigenvalue weighted by molar-refractivity contribution is -0.384. The van der Waals surface area contributed by atoms with E-state index in [9.17, 15) is 14.9 Å². The quantitative estimate of drug-likeness (QED) is 0.648. The third kappa shape index (κ3) is 3.92. The fourth-order valence-electron chi connectivity index (χ4n) is 1.23. The standard InChI is InChI=1S/C10H10ClNO5/c1-6(4-10(13)14)17-7-2-3-9(12(15)16)8(11)5-7/h2-3,5-6H,4H2,1H3,(H,13,14)/t6-/m1/s1. The zero-order valence-electron chi connectivity index (χ0n) is 8.92. The molecular weight excluding hydrogens is 250 g/mol. The molecule has 0 aliphatic heterocycles. The summed E-state index contributed by atoms with van der Waals surface area (Å²) in [6.45, 7) is 1.59.